The van der Waals surface area contributed by atoms with Gasteiger partial charge in [-0.05, 0) is 25.0 Å². The van der Waals surface area contributed by atoms with Gasteiger partial charge < -0.3 is 10.2 Å². The van der Waals surface area contributed by atoms with Gasteiger partial charge in [0.05, 0.1) is 11.6 Å². The second-order valence-electron chi connectivity index (χ2n) is 5.45. The predicted molar refractivity (Wildman–Crippen MR) is 73.6 cm³/mol. The highest BCUT2D eigenvalue weighted by molar-refractivity contribution is 5.75. The van der Waals surface area contributed by atoms with E-state index in [2.05, 4.69) is 0 Å². The van der Waals surface area contributed by atoms with Crippen LogP contribution >= 0.6 is 0 Å². The summed E-state index contributed by atoms with van der Waals surface area (Å²) in [4.78, 5) is 13.1. The summed E-state index contributed by atoms with van der Waals surface area (Å²) in [6.45, 7) is 0.211. The van der Waals surface area contributed by atoms with Crippen LogP contribution in [-0.4, -0.2) is 30.2 Å². The Balaban J connectivity index is 2.19. The fourth-order valence-electron chi connectivity index (χ4n) is 2.53. The number of hydrogen-bond acceptors (Lipinski definition) is 2. The Morgan fingerprint density at radius 1 is 1.25 bits per heavy atom. The molecule has 24 heavy (non-hydrogen) atoms. The lowest BCUT2D eigenvalue weighted by Crippen LogP contribution is -2.48. The summed E-state index contributed by atoms with van der Waals surface area (Å²) in [6.07, 6.45) is -4.38. The maximum absolute atomic E-state index is 13.7. The highest BCUT2D eigenvalue weighted by Gasteiger charge is 2.45. The van der Waals surface area contributed by atoms with E-state index in [0.29, 0.717) is 25.0 Å². The van der Waals surface area contributed by atoms with Crippen molar-refractivity contribution < 1.29 is 26.7 Å². The summed E-state index contributed by atoms with van der Waals surface area (Å²) in [5, 5.41) is 10.4. The van der Waals surface area contributed by atoms with E-state index >= 15 is 0 Å². The molecule has 0 radical (unpaired) electrons. The van der Waals surface area contributed by atoms with Crippen LogP contribution in [0.3, 0.4) is 0 Å². The number of likely N-dealkylation sites (tertiary alicyclic amines) is 1. The Bertz CT molecular complexity index is 627. The molecule has 2 amide bonds. The third kappa shape index (κ3) is 3.93. The quantitative estimate of drug-likeness (QED) is 0.833. The number of carbonyl (C=O) groups excluding carboxylic acids is 1. The SMILES string of the molecule is N#CC1CCN(C(=O)N[C@@H](c2c(F)cccc2F)C(F)(F)F)CC1. The zero-order valence-corrected chi connectivity index (χ0v) is 12.4. The van der Waals surface area contributed by atoms with E-state index in [-0.39, 0.29) is 19.0 Å². The summed E-state index contributed by atoms with van der Waals surface area (Å²) in [5.74, 6) is -3.03. The van der Waals surface area contributed by atoms with E-state index in [1.807, 2.05) is 6.07 Å². The molecule has 1 N–H and O–H groups in total. The summed E-state index contributed by atoms with van der Waals surface area (Å²) in [6, 6.07) is 0.500. The number of urea groups is 1. The van der Waals surface area contributed by atoms with Gasteiger partial charge in [0.15, 0.2) is 6.04 Å². The van der Waals surface area contributed by atoms with Crippen LogP contribution in [-0.2, 0) is 0 Å². The van der Waals surface area contributed by atoms with Crippen LogP contribution in [0.1, 0.15) is 24.4 Å². The first-order valence-corrected chi connectivity index (χ1v) is 7.19. The molecule has 130 valence electrons. The predicted octanol–water partition coefficient (Wildman–Crippen LogP) is 3.51. The number of nitrogens with one attached hydrogen (secondary N) is 1. The van der Waals surface area contributed by atoms with Gasteiger partial charge in [0.1, 0.15) is 11.6 Å². The average molecular weight is 347 g/mol. The Kier molecular flexibility index (Phi) is 5.26. The van der Waals surface area contributed by atoms with Crippen molar-refractivity contribution in [2.24, 2.45) is 5.92 Å². The van der Waals surface area contributed by atoms with E-state index in [0.717, 1.165) is 11.0 Å². The first-order valence-electron chi connectivity index (χ1n) is 7.19. The van der Waals surface area contributed by atoms with Crippen LogP contribution in [0.25, 0.3) is 0 Å². The molecule has 1 aromatic carbocycles. The van der Waals surface area contributed by atoms with Crippen LogP contribution in [0.2, 0.25) is 0 Å². The first kappa shape index (κ1) is 18.0. The van der Waals surface area contributed by atoms with Gasteiger partial charge in [-0.3, -0.25) is 0 Å². The van der Waals surface area contributed by atoms with Crippen molar-refractivity contribution in [3.05, 3.63) is 35.4 Å². The summed E-state index contributed by atoms with van der Waals surface area (Å²) < 4.78 is 67.0. The van der Waals surface area contributed by atoms with Gasteiger partial charge >= 0.3 is 12.2 Å². The number of amides is 2. The van der Waals surface area contributed by atoms with Crippen LogP contribution in [0.4, 0.5) is 26.7 Å². The first-order chi connectivity index (χ1) is 11.2. The van der Waals surface area contributed by atoms with Crippen molar-refractivity contribution in [2.75, 3.05) is 13.1 Å². The fourth-order valence-corrected chi connectivity index (χ4v) is 2.53. The molecular weight excluding hydrogens is 333 g/mol. The second-order valence-corrected chi connectivity index (χ2v) is 5.45. The van der Waals surface area contributed by atoms with Gasteiger partial charge in [-0.2, -0.15) is 18.4 Å². The standard InChI is InChI=1S/C15H14F5N3O/c16-10-2-1-3-11(17)12(10)13(15(18,19)20)22-14(24)23-6-4-9(8-21)5-7-23/h1-3,9,13H,4-7H2,(H,22,24)/t13-/m0/s1. The molecule has 4 nitrogen and oxygen atoms in total. The van der Waals surface area contributed by atoms with Crippen LogP contribution in [0, 0.1) is 28.9 Å². The number of halogens is 5. The normalized spacial score (nSPS) is 17.2. The van der Waals surface area contributed by atoms with Crippen LogP contribution in [0.15, 0.2) is 18.2 Å². The highest BCUT2D eigenvalue weighted by Crippen LogP contribution is 2.35. The van der Waals surface area contributed by atoms with Gasteiger partial charge in [0.2, 0.25) is 0 Å². The molecule has 1 fully saturated rings. The third-order valence-electron chi connectivity index (χ3n) is 3.85. The number of hydrogen-bond donors (Lipinski definition) is 1. The number of carbonyl (C=O) groups is 1. The third-order valence-corrected chi connectivity index (χ3v) is 3.85. The smallest absolute Gasteiger partial charge is 0.325 e. The molecule has 1 aliphatic heterocycles. The second kappa shape index (κ2) is 7.03. The molecule has 9 heteroatoms. The Morgan fingerprint density at radius 2 is 1.79 bits per heavy atom. The maximum Gasteiger partial charge on any atom is 0.413 e. The monoisotopic (exact) mass is 347 g/mol. The molecule has 2 rings (SSSR count). The average Bonchev–Trinajstić information content (AvgIpc) is 2.52. The van der Waals surface area contributed by atoms with Crippen LogP contribution in [0.5, 0.6) is 0 Å². The Hall–Kier alpha value is -2.37. The van der Waals surface area contributed by atoms with E-state index in [9.17, 15) is 26.7 Å². The zero-order valence-electron chi connectivity index (χ0n) is 12.4. The number of nitriles is 1. The maximum atomic E-state index is 13.7. The number of alkyl halides is 3. The minimum Gasteiger partial charge on any atom is -0.325 e. The molecule has 0 bridgehead atoms. The van der Waals surface area contributed by atoms with Gasteiger partial charge in [-0.1, -0.05) is 6.07 Å². The van der Waals surface area contributed by atoms with Crippen molar-refractivity contribution in [3.8, 4) is 6.07 Å². The number of piperidine rings is 1. The molecule has 0 saturated carbocycles. The molecule has 1 atom stereocenters. The number of benzene rings is 1. The summed E-state index contributed by atoms with van der Waals surface area (Å²) in [7, 11) is 0. The van der Waals surface area contributed by atoms with Crippen molar-refractivity contribution in [2.45, 2.75) is 25.1 Å². The lowest BCUT2D eigenvalue weighted by molar-refractivity contribution is -0.156. The summed E-state index contributed by atoms with van der Waals surface area (Å²) in [5.41, 5.74) is -1.25. The van der Waals surface area contributed by atoms with E-state index in [1.54, 1.807) is 5.32 Å². The molecule has 1 heterocycles. The molecule has 0 aromatic heterocycles. The molecular formula is C15H14F5N3O. The molecule has 0 unspecified atom stereocenters. The van der Waals surface area contributed by atoms with E-state index < -0.39 is 35.4 Å². The van der Waals surface area contributed by atoms with Gasteiger partial charge in [-0.25, -0.2) is 13.6 Å². The molecule has 0 spiro atoms. The Labute approximate surface area is 134 Å². The van der Waals surface area contributed by atoms with Crippen molar-refractivity contribution in [1.29, 1.82) is 5.26 Å². The largest absolute Gasteiger partial charge is 0.413 e. The molecule has 1 saturated heterocycles. The van der Waals surface area contributed by atoms with Crippen molar-refractivity contribution in [1.82, 2.24) is 10.2 Å². The van der Waals surface area contributed by atoms with Crippen molar-refractivity contribution in [3.63, 3.8) is 0 Å². The highest BCUT2D eigenvalue weighted by atomic mass is 19.4. The molecule has 0 aliphatic carbocycles. The van der Waals surface area contributed by atoms with Crippen LogP contribution < -0.4 is 5.32 Å². The number of rotatable bonds is 2. The van der Waals surface area contributed by atoms with Gasteiger partial charge in [0.25, 0.3) is 0 Å². The van der Waals surface area contributed by atoms with Gasteiger partial charge in [-0.15, -0.1) is 0 Å². The minimum absolute atomic E-state index is 0.106. The lowest BCUT2D eigenvalue weighted by Gasteiger charge is -2.31. The topological polar surface area (TPSA) is 56.1 Å². The van der Waals surface area contributed by atoms with E-state index in [4.69, 9.17) is 5.26 Å². The zero-order chi connectivity index (χ0) is 17.9. The summed E-state index contributed by atoms with van der Waals surface area (Å²) >= 11 is 0. The van der Waals surface area contributed by atoms with Gasteiger partial charge in [0, 0.05) is 19.0 Å². The lowest BCUT2D eigenvalue weighted by atomic mass is 9.99. The fraction of sp³-hybridized carbons (Fsp3) is 0.467. The minimum atomic E-state index is -5.07. The Morgan fingerprint density at radius 3 is 2.25 bits per heavy atom. The van der Waals surface area contributed by atoms with Crippen molar-refractivity contribution >= 4 is 6.03 Å². The molecule has 1 aromatic rings. The number of nitrogens with zero attached hydrogens (tertiary/aromatic N) is 2. The molecule has 1 aliphatic rings. The van der Waals surface area contributed by atoms with E-state index in [1.165, 1.54) is 0 Å².